The predicted molar refractivity (Wildman–Crippen MR) is 144 cm³/mol. The fourth-order valence-corrected chi connectivity index (χ4v) is 7.34. The van der Waals surface area contributed by atoms with Crippen LogP contribution in [0.25, 0.3) is 0 Å². The highest BCUT2D eigenvalue weighted by molar-refractivity contribution is 7.99. The molecule has 0 heterocycles. The molecule has 0 saturated carbocycles. The summed E-state index contributed by atoms with van der Waals surface area (Å²) in [7, 11) is -0.477. The molecule has 0 aliphatic rings. The normalized spacial score (nSPS) is 11.1. The molecule has 5 rings (SSSR count). The Balaban J connectivity index is 1.33. The number of hydrogen-bond donors (Lipinski definition) is 0. The van der Waals surface area contributed by atoms with E-state index in [9.17, 15) is 13.2 Å². The molecule has 0 amide bonds. The largest absolute Gasteiger partial charge is 0.207 e. The molecule has 0 aromatic heterocycles. The number of rotatable bonds is 7. The maximum absolute atomic E-state index is 13.6. The van der Waals surface area contributed by atoms with Gasteiger partial charge < -0.3 is 0 Å². The van der Waals surface area contributed by atoms with Crippen molar-refractivity contribution in [2.75, 3.05) is 0 Å². The van der Waals surface area contributed by atoms with E-state index in [0.29, 0.717) is 0 Å². The fourth-order valence-electron chi connectivity index (χ4n) is 3.58. The Hall–Kier alpha value is -3.06. The van der Waals surface area contributed by atoms with Crippen LogP contribution in [0.1, 0.15) is 0 Å². The molecule has 5 aromatic carbocycles. The van der Waals surface area contributed by atoms with Crippen LogP contribution in [0.2, 0.25) is 0 Å². The lowest BCUT2D eigenvalue weighted by Gasteiger charge is -2.09. The van der Waals surface area contributed by atoms with Crippen molar-refractivity contribution in [1.82, 2.24) is 0 Å². The van der Waals surface area contributed by atoms with Crippen LogP contribution in [0, 0.1) is 17.5 Å². The Morgan fingerprint density at radius 3 is 1.14 bits per heavy atom. The fraction of sp³-hybridized carbons (Fsp3) is 0. The van der Waals surface area contributed by atoms with Crippen LogP contribution >= 0.6 is 11.8 Å². The zero-order valence-electron chi connectivity index (χ0n) is 18.9. The molecule has 178 valence electrons. The Labute approximate surface area is 219 Å². The van der Waals surface area contributed by atoms with Crippen LogP contribution in [0.4, 0.5) is 13.2 Å². The van der Waals surface area contributed by atoms with Gasteiger partial charge in [0.25, 0.3) is 0 Å². The van der Waals surface area contributed by atoms with E-state index in [1.165, 1.54) is 36.4 Å². The van der Waals surface area contributed by atoms with Crippen LogP contribution in [0.3, 0.4) is 0 Å². The van der Waals surface area contributed by atoms with Gasteiger partial charge in [0.15, 0.2) is 24.5 Å². The van der Waals surface area contributed by atoms with E-state index >= 15 is 0 Å². The van der Waals surface area contributed by atoms with Gasteiger partial charge in [0.1, 0.15) is 17.5 Å². The highest BCUT2D eigenvalue weighted by Gasteiger charge is 2.28. The molecule has 0 fully saturated rings. The maximum Gasteiger partial charge on any atom is 0.166 e. The number of benzene rings is 5. The minimum atomic E-state index is -0.477. The van der Waals surface area contributed by atoms with E-state index in [0.717, 1.165) is 46.0 Å². The molecule has 0 aliphatic carbocycles. The molecule has 0 bridgehead atoms. The summed E-state index contributed by atoms with van der Waals surface area (Å²) in [4.78, 5) is 7.43. The van der Waals surface area contributed by atoms with E-state index in [1.807, 2.05) is 0 Å². The standard InChI is InChI=1S/C30H20F3S3/c31-21-1-7-24(8-2-21)34-25-9-11-26(12-10-25)35-27-13-19-30(20-14-27)36(28-15-3-22(32)4-16-28)29-17-5-23(33)6-18-29/h1-20H/q+1/p+1. The second-order valence-electron chi connectivity index (χ2n) is 7.87. The smallest absolute Gasteiger partial charge is 0.166 e. The first-order valence-corrected chi connectivity index (χ1v) is 14.1. The molecule has 0 nitrogen and oxygen atoms in total. The molecule has 5 aromatic rings. The average molecular weight is 535 g/mol. The van der Waals surface area contributed by atoms with E-state index in [-0.39, 0.29) is 17.5 Å². The maximum atomic E-state index is 13.6. The Bertz CT molecular complexity index is 1370. The molecule has 0 unspecified atom stereocenters. The van der Waals surface area contributed by atoms with Gasteiger partial charge in [-0.25, -0.2) is 13.2 Å². The quantitative estimate of drug-likeness (QED) is 0.149. The Kier molecular flexibility index (Phi) is 7.75. The van der Waals surface area contributed by atoms with Gasteiger partial charge in [-0.3, -0.25) is 0 Å². The zero-order valence-corrected chi connectivity index (χ0v) is 21.5. The zero-order chi connectivity index (χ0) is 24.9. The van der Waals surface area contributed by atoms with Crippen LogP contribution in [-0.4, -0.2) is 0 Å². The van der Waals surface area contributed by atoms with Crippen molar-refractivity contribution in [3.8, 4) is 0 Å². The summed E-state index contributed by atoms with van der Waals surface area (Å²) in [5.41, 5.74) is 0. The molecular formula is C30H21F3S3+2. The predicted octanol–water partition coefficient (Wildman–Crippen LogP) is 8.58. The molecule has 0 radical (unpaired) electrons. The minimum absolute atomic E-state index is 0.228. The molecule has 0 spiro atoms. The van der Waals surface area contributed by atoms with Gasteiger partial charge >= 0.3 is 0 Å². The van der Waals surface area contributed by atoms with Gasteiger partial charge in [-0.15, -0.1) is 0 Å². The molecule has 36 heavy (non-hydrogen) atoms. The van der Waals surface area contributed by atoms with Crippen molar-refractivity contribution in [2.24, 2.45) is 0 Å². The second kappa shape index (κ2) is 11.3. The van der Waals surface area contributed by atoms with Gasteiger partial charge in [-0.1, -0.05) is 11.8 Å². The summed E-state index contributed by atoms with van der Waals surface area (Å²) >= 11 is 2.71. The Morgan fingerprint density at radius 1 is 0.417 bits per heavy atom. The molecule has 0 N–H and O–H groups in total. The molecule has 0 saturated heterocycles. The SMILES string of the molecule is Fc1ccc([SH+]c2ccc(Sc3ccc([S+](c4ccc(F)cc4)c4ccc(F)cc4)cc3)cc2)cc1. The first-order chi connectivity index (χ1) is 17.5. The van der Waals surface area contributed by atoms with E-state index < -0.39 is 10.9 Å². The van der Waals surface area contributed by atoms with Crippen molar-refractivity contribution < 1.29 is 13.2 Å². The second-order valence-corrected chi connectivity index (χ2v) is 12.3. The van der Waals surface area contributed by atoms with Crippen LogP contribution in [0.15, 0.2) is 156 Å². The topological polar surface area (TPSA) is 0 Å². The van der Waals surface area contributed by atoms with Gasteiger partial charge in [0.05, 0.1) is 10.9 Å². The van der Waals surface area contributed by atoms with Gasteiger partial charge in [0.2, 0.25) is 0 Å². The van der Waals surface area contributed by atoms with Crippen LogP contribution in [0.5, 0.6) is 0 Å². The third-order valence-corrected chi connectivity index (χ3v) is 9.67. The highest BCUT2D eigenvalue weighted by Crippen LogP contribution is 2.34. The third-order valence-electron chi connectivity index (χ3n) is 5.32. The summed E-state index contributed by atoms with van der Waals surface area (Å²) in [5.74, 6) is -0.790. The van der Waals surface area contributed by atoms with Crippen LogP contribution in [-0.2, 0) is 22.7 Å². The first-order valence-electron chi connectivity index (χ1n) is 11.1. The van der Waals surface area contributed by atoms with Crippen molar-refractivity contribution in [1.29, 1.82) is 0 Å². The van der Waals surface area contributed by atoms with E-state index in [1.54, 1.807) is 48.2 Å². The third kappa shape index (κ3) is 6.19. The van der Waals surface area contributed by atoms with Crippen LogP contribution < -0.4 is 0 Å². The van der Waals surface area contributed by atoms with E-state index in [2.05, 4.69) is 48.5 Å². The highest BCUT2D eigenvalue weighted by atomic mass is 32.2. The minimum Gasteiger partial charge on any atom is -0.207 e. The van der Waals surface area contributed by atoms with E-state index in [4.69, 9.17) is 0 Å². The molecule has 6 heteroatoms. The van der Waals surface area contributed by atoms with Gasteiger partial charge in [-0.2, -0.15) is 0 Å². The number of hydrogen-bond acceptors (Lipinski definition) is 1. The van der Waals surface area contributed by atoms with Gasteiger partial charge in [0, 0.05) is 21.6 Å². The summed E-state index contributed by atoms with van der Waals surface area (Å²) in [6.45, 7) is 0. The Morgan fingerprint density at radius 2 is 0.722 bits per heavy atom. The summed E-state index contributed by atoms with van der Waals surface area (Å²) in [6.07, 6.45) is 0. The van der Waals surface area contributed by atoms with Crippen molar-refractivity contribution in [3.05, 3.63) is 139 Å². The lowest BCUT2D eigenvalue weighted by molar-refractivity contribution is 0.626. The van der Waals surface area contributed by atoms with Crippen molar-refractivity contribution in [2.45, 2.75) is 34.3 Å². The monoisotopic (exact) mass is 534 g/mol. The van der Waals surface area contributed by atoms with Gasteiger partial charge in [-0.05, 0) is 121 Å². The lowest BCUT2D eigenvalue weighted by Crippen LogP contribution is -2.05. The lowest BCUT2D eigenvalue weighted by atomic mass is 10.3. The summed E-state index contributed by atoms with van der Waals surface area (Å²) in [6, 6.07) is 36.2. The molecule has 0 atom stereocenters. The first kappa shape index (κ1) is 24.6. The van der Waals surface area contributed by atoms with Crippen molar-refractivity contribution >= 4 is 34.4 Å². The number of thiol groups is 1. The number of halogens is 3. The van der Waals surface area contributed by atoms with Crippen molar-refractivity contribution in [3.63, 3.8) is 0 Å². The average Bonchev–Trinajstić information content (AvgIpc) is 2.90. The molecule has 0 aliphatic heterocycles. The summed E-state index contributed by atoms with van der Waals surface area (Å²) < 4.78 is 40.2. The molecular weight excluding hydrogens is 514 g/mol. The summed E-state index contributed by atoms with van der Waals surface area (Å²) in [5, 5.41) is 0.